The van der Waals surface area contributed by atoms with Gasteiger partial charge in [0.15, 0.2) is 17.3 Å². The van der Waals surface area contributed by atoms with Crippen molar-refractivity contribution in [3.8, 4) is 23.3 Å². The van der Waals surface area contributed by atoms with Crippen molar-refractivity contribution in [2.75, 3.05) is 26.2 Å². The van der Waals surface area contributed by atoms with E-state index in [4.69, 9.17) is 31.5 Å². The van der Waals surface area contributed by atoms with Crippen molar-refractivity contribution < 1.29 is 19.0 Å². The molecule has 2 aliphatic rings. The van der Waals surface area contributed by atoms with Crippen LogP contribution in [0, 0.1) is 16.7 Å². The largest absolute Gasteiger partial charge is 0.493 e. The first-order chi connectivity index (χ1) is 16.6. The van der Waals surface area contributed by atoms with Crippen molar-refractivity contribution in [1.82, 2.24) is 0 Å². The molecule has 0 fully saturated rings. The van der Waals surface area contributed by atoms with Crippen LogP contribution in [0.15, 0.2) is 59.1 Å². The lowest BCUT2D eigenvalue weighted by atomic mass is 9.68. The van der Waals surface area contributed by atoms with Crippen LogP contribution in [-0.4, -0.2) is 27.1 Å². The number of anilines is 1. The van der Waals surface area contributed by atoms with E-state index in [1.54, 1.807) is 24.3 Å². The molecule has 0 spiro atoms. The average Bonchev–Trinajstić information content (AvgIpc) is 2.82. The third-order valence-corrected chi connectivity index (χ3v) is 6.74. The van der Waals surface area contributed by atoms with Gasteiger partial charge in [0.1, 0.15) is 5.82 Å². The van der Waals surface area contributed by atoms with Gasteiger partial charge in [0.05, 0.1) is 38.9 Å². The third-order valence-electron chi connectivity index (χ3n) is 6.49. The van der Waals surface area contributed by atoms with Gasteiger partial charge in [-0.15, -0.1) is 0 Å². The van der Waals surface area contributed by atoms with E-state index in [0.29, 0.717) is 46.2 Å². The first-order valence-corrected chi connectivity index (χ1v) is 11.5. The van der Waals surface area contributed by atoms with Crippen LogP contribution in [0.1, 0.15) is 38.2 Å². The van der Waals surface area contributed by atoms with Crippen LogP contribution in [0.3, 0.4) is 0 Å². The van der Waals surface area contributed by atoms with Crippen molar-refractivity contribution in [2.24, 2.45) is 11.1 Å². The summed E-state index contributed by atoms with van der Waals surface area (Å²) >= 11 is 6.12. The van der Waals surface area contributed by atoms with Gasteiger partial charge in [-0.2, -0.15) is 5.26 Å². The molecule has 4 rings (SSSR count). The summed E-state index contributed by atoms with van der Waals surface area (Å²) in [6.45, 7) is 4.12. The Labute approximate surface area is 210 Å². The number of nitrogens with zero attached hydrogens (tertiary/aromatic N) is 2. The monoisotopic (exact) mass is 493 g/mol. The van der Waals surface area contributed by atoms with E-state index in [1.165, 1.54) is 21.3 Å². The molecule has 1 aliphatic heterocycles. The molecule has 1 atom stereocenters. The van der Waals surface area contributed by atoms with Gasteiger partial charge < -0.3 is 19.9 Å². The van der Waals surface area contributed by atoms with Gasteiger partial charge in [0.25, 0.3) is 0 Å². The number of carbonyl (C=O) groups excluding carboxylic acids is 1. The summed E-state index contributed by atoms with van der Waals surface area (Å²) in [7, 11) is 4.58. The summed E-state index contributed by atoms with van der Waals surface area (Å²) in [4.78, 5) is 15.5. The van der Waals surface area contributed by atoms with Crippen LogP contribution >= 0.6 is 11.6 Å². The SMILES string of the molecule is COc1cc([C@H]2C(C#N)=C(N)N(c3ccc(Cl)cc3)C3=C2C(=O)CC(C)(C)C3)cc(OC)c1OC. The summed E-state index contributed by atoms with van der Waals surface area (Å²) < 4.78 is 16.6. The molecule has 182 valence electrons. The van der Waals surface area contributed by atoms with Crippen molar-refractivity contribution in [3.63, 3.8) is 0 Å². The van der Waals surface area contributed by atoms with E-state index in [9.17, 15) is 10.1 Å². The molecular formula is C27H28ClN3O4. The Morgan fingerprint density at radius 3 is 2.17 bits per heavy atom. The minimum absolute atomic E-state index is 0.0192. The fourth-order valence-electron chi connectivity index (χ4n) is 5.00. The summed E-state index contributed by atoms with van der Waals surface area (Å²) in [5.74, 6) is 0.883. The quantitative estimate of drug-likeness (QED) is 0.602. The number of benzene rings is 2. The first-order valence-electron chi connectivity index (χ1n) is 11.2. The minimum Gasteiger partial charge on any atom is -0.493 e. The Morgan fingerprint density at radius 2 is 1.66 bits per heavy atom. The van der Waals surface area contributed by atoms with Gasteiger partial charge in [0.2, 0.25) is 5.75 Å². The van der Waals surface area contributed by atoms with E-state index < -0.39 is 5.92 Å². The van der Waals surface area contributed by atoms with E-state index in [0.717, 1.165) is 11.4 Å². The minimum atomic E-state index is -0.671. The van der Waals surface area contributed by atoms with Gasteiger partial charge in [-0.1, -0.05) is 25.4 Å². The molecule has 0 saturated carbocycles. The Hall–Kier alpha value is -3.63. The number of hydrogen-bond donors (Lipinski definition) is 1. The van der Waals surface area contributed by atoms with Crippen molar-refractivity contribution in [1.29, 1.82) is 5.26 Å². The Kier molecular flexibility index (Phi) is 6.44. The van der Waals surface area contributed by atoms with E-state index in [1.807, 2.05) is 17.0 Å². The lowest BCUT2D eigenvalue weighted by Gasteiger charge is -2.43. The maximum absolute atomic E-state index is 13.7. The molecule has 2 aromatic rings. The number of Topliss-reactive ketones (excluding diaryl/α,β-unsaturated/α-hetero) is 1. The summed E-state index contributed by atoms with van der Waals surface area (Å²) in [5, 5.41) is 10.9. The molecule has 0 aromatic heterocycles. The van der Waals surface area contributed by atoms with Crippen LogP contribution in [0.5, 0.6) is 17.2 Å². The van der Waals surface area contributed by atoms with Crippen molar-refractivity contribution >= 4 is 23.1 Å². The predicted molar refractivity (Wildman–Crippen MR) is 135 cm³/mol. The Bertz CT molecular complexity index is 1260. The number of methoxy groups -OCH3 is 3. The zero-order valence-electron chi connectivity index (χ0n) is 20.4. The van der Waals surface area contributed by atoms with Crippen molar-refractivity contribution in [2.45, 2.75) is 32.6 Å². The van der Waals surface area contributed by atoms with Crippen LogP contribution in [-0.2, 0) is 4.79 Å². The molecule has 1 heterocycles. The first kappa shape index (κ1) is 24.5. The van der Waals surface area contributed by atoms with Crippen LogP contribution < -0.4 is 24.8 Å². The van der Waals surface area contributed by atoms with Gasteiger partial charge >= 0.3 is 0 Å². The fourth-order valence-corrected chi connectivity index (χ4v) is 5.12. The van der Waals surface area contributed by atoms with Gasteiger partial charge in [-0.05, 0) is 53.8 Å². The summed E-state index contributed by atoms with van der Waals surface area (Å²) in [6.07, 6.45) is 0.969. The number of halogens is 1. The molecular weight excluding hydrogens is 466 g/mol. The van der Waals surface area contributed by atoms with Crippen LogP contribution in [0.2, 0.25) is 5.02 Å². The standard InChI is InChI=1S/C27H28ClN3O4/c1-27(2)12-19-24(20(32)13-27)23(15-10-21(33-3)25(35-5)22(11-15)34-4)18(14-29)26(30)31(19)17-8-6-16(28)7-9-17/h6-11,23H,12-13,30H2,1-5H3/t23-/m0/s1. The summed E-state index contributed by atoms with van der Waals surface area (Å²) in [6, 6.07) is 13.0. The molecule has 0 amide bonds. The van der Waals surface area contributed by atoms with Crippen LogP contribution in [0.25, 0.3) is 0 Å². The second-order valence-electron chi connectivity index (χ2n) is 9.42. The number of carbonyl (C=O) groups is 1. The number of nitriles is 1. The van der Waals surface area contributed by atoms with E-state index in [2.05, 4.69) is 19.9 Å². The molecule has 7 nitrogen and oxygen atoms in total. The molecule has 0 saturated heterocycles. The number of rotatable bonds is 5. The molecule has 2 N–H and O–H groups in total. The fraction of sp³-hybridized carbons (Fsp3) is 0.333. The highest BCUT2D eigenvalue weighted by atomic mass is 35.5. The zero-order valence-corrected chi connectivity index (χ0v) is 21.2. The smallest absolute Gasteiger partial charge is 0.203 e. The maximum atomic E-state index is 13.7. The number of nitrogens with two attached hydrogens (primary N) is 1. The predicted octanol–water partition coefficient (Wildman–Crippen LogP) is 5.31. The average molecular weight is 494 g/mol. The molecule has 0 radical (unpaired) electrons. The van der Waals surface area contributed by atoms with Gasteiger partial charge in [-0.3, -0.25) is 9.69 Å². The Balaban J connectivity index is 2.02. The Morgan fingerprint density at radius 1 is 1.06 bits per heavy atom. The molecule has 8 heteroatoms. The second kappa shape index (κ2) is 9.20. The zero-order chi connectivity index (χ0) is 25.5. The highest BCUT2D eigenvalue weighted by molar-refractivity contribution is 6.30. The third kappa shape index (κ3) is 4.19. The molecule has 2 aromatic carbocycles. The van der Waals surface area contributed by atoms with E-state index in [-0.39, 0.29) is 22.6 Å². The van der Waals surface area contributed by atoms with E-state index >= 15 is 0 Å². The maximum Gasteiger partial charge on any atom is 0.203 e. The molecule has 35 heavy (non-hydrogen) atoms. The van der Waals surface area contributed by atoms with Crippen LogP contribution in [0.4, 0.5) is 5.69 Å². The number of allylic oxidation sites excluding steroid dienone is 3. The van der Waals surface area contributed by atoms with Gasteiger partial charge in [0, 0.05) is 28.4 Å². The normalized spacial score (nSPS) is 19.3. The summed E-state index contributed by atoms with van der Waals surface area (Å²) in [5.41, 5.74) is 9.43. The molecule has 0 bridgehead atoms. The lowest BCUT2D eigenvalue weighted by Crippen LogP contribution is -2.42. The van der Waals surface area contributed by atoms with Gasteiger partial charge in [-0.25, -0.2) is 0 Å². The lowest BCUT2D eigenvalue weighted by molar-refractivity contribution is -0.118. The molecule has 0 unspecified atom stereocenters. The number of hydrogen-bond acceptors (Lipinski definition) is 7. The highest BCUT2D eigenvalue weighted by Gasteiger charge is 2.45. The molecule has 1 aliphatic carbocycles. The number of ether oxygens (including phenoxy) is 3. The van der Waals surface area contributed by atoms with Crippen molar-refractivity contribution in [3.05, 3.63) is 69.6 Å². The number of ketones is 1. The highest BCUT2D eigenvalue weighted by Crippen LogP contribution is 2.52. The topological polar surface area (TPSA) is 97.8 Å². The second-order valence-corrected chi connectivity index (χ2v) is 9.85.